The number of rotatable bonds is 5. The molecular weight excluding hydrogens is 328 g/mol. The zero-order chi connectivity index (χ0) is 18.0. The number of nitrogens with zero attached hydrogens (tertiary/aromatic N) is 4. The van der Waals surface area contributed by atoms with Gasteiger partial charge in [0.25, 0.3) is 5.69 Å². The number of fused-ring (bicyclic) bond motifs is 1. The van der Waals surface area contributed by atoms with Crippen molar-refractivity contribution in [1.29, 1.82) is 0 Å². The van der Waals surface area contributed by atoms with Crippen molar-refractivity contribution in [2.45, 2.75) is 19.4 Å². The molecule has 1 fully saturated rings. The molecule has 134 valence electrons. The molecule has 3 rings (SSSR count). The van der Waals surface area contributed by atoms with Crippen LogP contribution in [-0.2, 0) is 11.3 Å². The van der Waals surface area contributed by atoms with Crippen molar-refractivity contribution >= 4 is 22.7 Å². The number of aromatic nitrogens is 1. The van der Waals surface area contributed by atoms with E-state index in [-0.39, 0.29) is 17.2 Å². The Kier molecular flexibility index (Phi) is 4.84. The van der Waals surface area contributed by atoms with Gasteiger partial charge in [-0.1, -0.05) is 0 Å². The molecule has 1 aliphatic heterocycles. The number of nitro groups is 1. The lowest BCUT2D eigenvalue weighted by Crippen LogP contribution is -2.47. The molecule has 0 unspecified atom stereocenters. The minimum atomic E-state index is -0.567. The number of aryl methyl sites for hydroxylation is 1. The first-order valence-corrected chi connectivity index (χ1v) is 8.20. The average molecular weight is 348 g/mol. The van der Waals surface area contributed by atoms with Crippen LogP contribution in [0.2, 0.25) is 0 Å². The summed E-state index contributed by atoms with van der Waals surface area (Å²) < 4.78 is 6.49. The van der Waals surface area contributed by atoms with Gasteiger partial charge in [-0.2, -0.15) is 0 Å². The van der Waals surface area contributed by atoms with Crippen LogP contribution in [0.1, 0.15) is 12.8 Å². The van der Waals surface area contributed by atoms with Gasteiger partial charge in [0.15, 0.2) is 5.58 Å². The number of nitro benzene ring substituents is 1. The molecule has 2 aromatic rings. The summed E-state index contributed by atoms with van der Waals surface area (Å²) in [5.41, 5.74) is 0.561. The zero-order valence-corrected chi connectivity index (χ0v) is 14.0. The van der Waals surface area contributed by atoms with Crippen molar-refractivity contribution in [2.75, 3.05) is 33.2 Å². The molecule has 2 heterocycles. The highest BCUT2D eigenvalue weighted by molar-refractivity contribution is 5.77. The second kappa shape index (κ2) is 7.06. The summed E-state index contributed by atoms with van der Waals surface area (Å²) >= 11 is 0. The van der Waals surface area contributed by atoms with Crippen LogP contribution in [-0.4, -0.2) is 58.4 Å². The topological polar surface area (TPSA) is 102 Å². The van der Waals surface area contributed by atoms with Crippen molar-refractivity contribution in [3.63, 3.8) is 0 Å². The van der Waals surface area contributed by atoms with E-state index < -0.39 is 10.7 Å². The van der Waals surface area contributed by atoms with Crippen LogP contribution < -0.4 is 5.76 Å². The van der Waals surface area contributed by atoms with Crippen LogP contribution in [0.15, 0.2) is 27.4 Å². The van der Waals surface area contributed by atoms with Gasteiger partial charge in [-0.25, -0.2) is 4.79 Å². The van der Waals surface area contributed by atoms with Gasteiger partial charge in [0.1, 0.15) is 0 Å². The molecule has 0 aliphatic carbocycles. The van der Waals surface area contributed by atoms with Gasteiger partial charge >= 0.3 is 5.76 Å². The number of carbonyl (C=O) groups excluding carboxylic acids is 1. The van der Waals surface area contributed by atoms with Crippen molar-refractivity contribution in [1.82, 2.24) is 14.4 Å². The third-order valence-corrected chi connectivity index (χ3v) is 4.49. The molecule has 9 nitrogen and oxygen atoms in total. The van der Waals surface area contributed by atoms with E-state index in [1.165, 1.54) is 22.8 Å². The highest BCUT2D eigenvalue weighted by atomic mass is 16.6. The molecule has 0 saturated carbocycles. The molecule has 0 radical (unpaired) electrons. The quantitative estimate of drug-likeness (QED) is 0.591. The number of oxazole rings is 1. The molecule has 0 spiro atoms. The molecule has 0 N–H and O–H groups in total. The Hall–Kier alpha value is -2.68. The fraction of sp³-hybridized carbons (Fsp3) is 0.500. The average Bonchev–Trinajstić information content (AvgIpc) is 2.90. The van der Waals surface area contributed by atoms with E-state index in [1.54, 1.807) is 0 Å². The Morgan fingerprint density at radius 1 is 1.28 bits per heavy atom. The maximum absolute atomic E-state index is 12.2. The molecule has 9 heteroatoms. The fourth-order valence-electron chi connectivity index (χ4n) is 2.98. The largest absolute Gasteiger partial charge is 0.419 e. The number of likely N-dealkylation sites (N-methyl/N-ethyl adjacent to an activating group) is 1. The molecular formula is C16H20N4O5. The highest BCUT2D eigenvalue weighted by Gasteiger charge is 2.19. The van der Waals surface area contributed by atoms with E-state index in [4.69, 9.17) is 4.42 Å². The lowest BCUT2D eigenvalue weighted by atomic mass is 10.2. The fourth-order valence-corrected chi connectivity index (χ4v) is 2.98. The number of hydrogen-bond acceptors (Lipinski definition) is 6. The number of benzene rings is 1. The first kappa shape index (κ1) is 17.2. The molecule has 1 saturated heterocycles. The van der Waals surface area contributed by atoms with E-state index in [0.717, 1.165) is 26.2 Å². The SMILES string of the molecule is CN1CCN(C(=O)CCCn2c(=O)oc3cc([N+](=O)[O-])ccc32)CC1. The Bertz CT molecular complexity index is 848. The van der Waals surface area contributed by atoms with Crippen LogP contribution in [0, 0.1) is 10.1 Å². The summed E-state index contributed by atoms with van der Waals surface area (Å²) in [4.78, 5) is 38.5. The van der Waals surface area contributed by atoms with E-state index in [2.05, 4.69) is 4.90 Å². The number of carbonyl (C=O) groups is 1. The maximum atomic E-state index is 12.2. The molecule has 1 aromatic heterocycles. The van der Waals surface area contributed by atoms with Gasteiger partial charge in [0.2, 0.25) is 5.91 Å². The van der Waals surface area contributed by atoms with Crippen LogP contribution >= 0.6 is 0 Å². The van der Waals surface area contributed by atoms with Gasteiger partial charge < -0.3 is 14.2 Å². The minimum absolute atomic E-state index is 0.0876. The minimum Gasteiger partial charge on any atom is -0.407 e. The first-order valence-electron chi connectivity index (χ1n) is 8.20. The van der Waals surface area contributed by atoms with E-state index in [9.17, 15) is 19.7 Å². The van der Waals surface area contributed by atoms with Crippen LogP contribution in [0.5, 0.6) is 0 Å². The van der Waals surface area contributed by atoms with Gasteiger partial charge in [0, 0.05) is 45.2 Å². The van der Waals surface area contributed by atoms with E-state index in [1.807, 2.05) is 11.9 Å². The summed E-state index contributed by atoms with van der Waals surface area (Å²) in [5.74, 6) is -0.480. The predicted octanol–water partition coefficient (Wildman–Crippen LogP) is 1.06. The summed E-state index contributed by atoms with van der Waals surface area (Å²) in [6.07, 6.45) is 0.868. The van der Waals surface area contributed by atoms with Gasteiger partial charge in [0.05, 0.1) is 16.5 Å². The van der Waals surface area contributed by atoms with E-state index >= 15 is 0 Å². The zero-order valence-electron chi connectivity index (χ0n) is 14.0. The number of piperazine rings is 1. The van der Waals surface area contributed by atoms with Crippen molar-refractivity contribution in [2.24, 2.45) is 0 Å². The molecule has 1 aliphatic rings. The summed E-state index contributed by atoms with van der Waals surface area (Å²) in [5, 5.41) is 10.8. The van der Waals surface area contributed by atoms with Crippen molar-refractivity contribution < 1.29 is 14.1 Å². The normalized spacial score (nSPS) is 15.6. The lowest BCUT2D eigenvalue weighted by molar-refractivity contribution is -0.384. The molecule has 0 bridgehead atoms. The Morgan fingerprint density at radius 2 is 2.00 bits per heavy atom. The Labute approximate surface area is 143 Å². The second-order valence-corrected chi connectivity index (χ2v) is 6.22. The Balaban J connectivity index is 1.63. The third-order valence-electron chi connectivity index (χ3n) is 4.49. The number of hydrogen-bond donors (Lipinski definition) is 0. The molecule has 25 heavy (non-hydrogen) atoms. The lowest BCUT2D eigenvalue weighted by Gasteiger charge is -2.32. The number of amides is 1. The third kappa shape index (κ3) is 3.71. The molecule has 1 aromatic carbocycles. The van der Waals surface area contributed by atoms with Crippen LogP contribution in [0.3, 0.4) is 0 Å². The molecule has 1 amide bonds. The van der Waals surface area contributed by atoms with Crippen molar-refractivity contribution in [3.8, 4) is 0 Å². The van der Waals surface area contributed by atoms with Gasteiger partial charge in [-0.05, 0) is 19.5 Å². The van der Waals surface area contributed by atoms with Crippen LogP contribution in [0.4, 0.5) is 5.69 Å². The smallest absolute Gasteiger partial charge is 0.407 e. The highest BCUT2D eigenvalue weighted by Crippen LogP contribution is 2.20. The van der Waals surface area contributed by atoms with Gasteiger partial charge in [-0.3, -0.25) is 19.5 Å². The first-order chi connectivity index (χ1) is 12.0. The Morgan fingerprint density at radius 3 is 2.68 bits per heavy atom. The monoisotopic (exact) mass is 348 g/mol. The van der Waals surface area contributed by atoms with E-state index in [0.29, 0.717) is 24.9 Å². The van der Waals surface area contributed by atoms with Gasteiger partial charge in [-0.15, -0.1) is 0 Å². The standard InChI is InChI=1S/C16H20N4O5/c1-17-7-9-18(10-8-17)15(21)3-2-6-19-13-5-4-12(20(23)24)11-14(13)25-16(19)22/h4-5,11H,2-3,6-10H2,1H3. The van der Waals surface area contributed by atoms with Crippen molar-refractivity contribution in [3.05, 3.63) is 38.9 Å². The predicted molar refractivity (Wildman–Crippen MR) is 90.4 cm³/mol. The summed E-state index contributed by atoms with van der Waals surface area (Å²) in [6, 6.07) is 4.08. The second-order valence-electron chi connectivity index (χ2n) is 6.22. The maximum Gasteiger partial charge on any atom is 0.419 e. The summed E-state index contributed by atoms with van der Waals surface area (Å²) in [6.45, 7) is 3.54. The summed E-state index contributed by atoms with van der Waals surface area (Å²) in [7, 11) is 2.03. The van der Waals surface area contributed by atoms with Crippen LogP contribution in [0.25, 0.3) is 11.1 Å². The molecule has 0 atom stereocenters. The number of non-ortho nitro benzene ring substituents is 1.